The number of hydrogen-bond donors (Lipinski definition) is 1. The Bertz CT molecular complexity index is 228. The molecule has 0 amide bonds. The van der Waals surface area contributed by atoms with E-state index in [1.165, 1.54) is 0 Å². The van der Waals surface area contributed by atoms with Crippen molar-refractivity contribution in [2.75, 3.05) is 11.9 Å². The molecule has 1 rings (SSSR count). The predicted octanol–water partition coefficient (Wildman–Crippen LogP) is 0.896. The molecule has 0 unspecified atom stereocenters. The van der Waals surface area contributed by atoms with Gasteiger partial charge in [-0.25, -0.2) is 4.68 Å². The summed E-state index contributed by atoms with van der Waals surface area (Å²) in [4.78, 5) is 0. The van der Waals surface area contributed by atoms with E-state index < -0.39 is 0 Å². The van der Waals surface area contributed by atoms with Crippen LogP contribution in [0, 0.1) is 0 Å². The third-order valence-corrected chi connectivity index (χ3v) is 1.34. The van der Waals surface area contributed by atoms with Crippen molar-refractivity contribution in [3.63, 3.8) is 0 Å². The molecule has 0 spiro atoms. The van der Waals surface area contributed by atoms with E-state index in [4.69, 9.17) is 0 Å². The minimum Gasteiger partial charge on any atom is -0.365 e. The highest BCUT2D eigenvalue weighted by Crippen LogP contribution is 2.01. The number of anilines is 1. The van der Waals surface area contributed by atoms with E-state index in [0.29, 0.717) is 0 Å². The van der Waals surface area contributed by atoms with Crippen LogP contribution in [0.4, 0.5) is 5.82 Å². The fourth-order valence-corrected chi connectivity index (χ4v) is 0.805. The molecule has 0 aliphatic rings. The normalized spacial score (nSPS) is 9.55. The topological polar surface area (TPSA) is 42.7 Å². The molecule has 0 fully saturated rings. The number of hydrogen-bond acceptors (Lipinski definition) is 3. The average Bonchev–Trinajstić information content (AvgIpc) is 2.47. The first-order chi connectivity index (χ1) is 5.38. The molecule has 0 saturated carbocycles. The lowest BCUT2D eigenvalue weighted by atomic mass is 10.6. The number of aryl methyl sites for hydroxylation is 1. The number of nitrogens with one attached hydrogen (secondary N) is 1. The van der Waals surface area contributed by atoms with Crippen LogP contribution in [0.5, 0.6) is 0 Å². The largest absolute Gasteiger partial charge is 0.365 e. The standard InChI is InChI=1S/C7H12N4/c1-3-5-8-7-6-9-10-11(7)4-2/h3,6,8H,1,4-5H2,2H3. The highest BCUT2D eigenvalue weighted by Gasteiger charge is 1.97. The fourth-order valence-electron chi connectivity index (χ4n) is 0.805. The maximum Gasteiger partial charge on any atom is 0.145 e. The zero-order valence-electron chi connectivity index (χ0n) is 6.62. The van der Waals surface area contributed by atoms with Crippen molar-refractivity contribution >= 4 is 5.82 Å². The summed E-state index contributed by atoms with van der Waals surface area (Å²) in [6.07, 6.45) is 3.50. The van der Waals surface area contributed by atoms with Crippen molar-refractivity contribution in [3.05, 3.63) is 18.9 Å². The number of nitrogens with zero attached hydrogens (tertiary/aromatic N) is 3. The van der Waals surface area contributed by atoms with Gasteiger partial charge in [-0.3, -0.25) is 0 Å². The van der Waals surface area contributed by atoms with Gasteiger partial charge in [0.15, 0.2) is 0 Å². The summed E-state index contributed by atoms with van der Waals surface area (Å²) in [6, 6.07) is 0. The predicted molar refractivity (Wildman–Crippen MR) is 44.4 cm³/mol. The minimum absolute atomic E-state index is 0.743. The number of aromatic nitrogens is 3. The van der Waals surface area contributed by atoms with Crippen LogP contribution in [0.3, 0.4) is 0 Å². The van der Waals surface area contributed by atoms with Crippen molar-refractivity contribution in [2.24, 2.45) is 0 Å². The molecule has 0 aliphatic carbocycles. The molecular weight excluding hydrogens is 140 g/mol. The van der Waals surface area contributed by atoms with E-state index in [9.17, 15) is 0 Å². The van der Waals surface area contributed by atoms with Crippen LogP contribution >= 0.6 is 0 Å². The van der Waals surface area contributed by atoms with E-state index in [0.717, 1.165) is 18.9 Å². The van der Waals surface area contributed by atoms with E-state index in [2.05, 4.69) is 22.2 Å². The van der Waals surface area contributed by atoms with E-state index in [1.54, 1.807) is 17.0 Å². The summed E-state index contributed by atoms with van der Waals surface area (Å²) in [5, 5.41) is 10.7. The van der Waals surface area contributed by atoms with Crippen molar-refractivity contribution < 1.29 is 0 Å². The Balaban J connectivity index is 2.60. The third kappa shape index (κ3) is 1.80. The summed E-state index contributed by atoms with van der Waals surface area (Å²) in [7, 11) is 0. The Morgan fingerprint density at radius 1 is 1.82 bits per heavy atom. The van der Waals surface area contributed by atoms with Gasteiger partial charge in [-0.1, -0.05) is 11.3 Å². The second-order valence-electron chi connectivity index (χ2n) is 2.10. The SMILES string of the molecule is C=CCNc1cnnn1CC. The average molecular weight is 152 g/mol. The zero-order valence-corrected chi connectivity index (χ0v) is 6.62. The van der Waals surface area contributed by atoms with Gasteiger partial charge in [-0.15, -0.1) is 11.7 Å². The third-order valence-electron chi connectivity index (χ3n) is 1.34. The van der Waals surface area contributed by atoms with Gasteiger partial charge in [0.2, 0.25) is 0 Å². The molecule has 0 bridgehead atoms. The molecule has 0 saturated heterocycles. The van der Waals surface area contributed by atoms with E-state index in [-0.39, 0.29) is 0 Å². The van der Waals surface area contributed by atoms with Crippen molar-refractivity contribution in [2.45, 2.75) is 13.5 Å². The highest BCUT2D eigenvalue weighted by atomic mass is 15.4. The monoisotopic (exact) mass is 152 g/mol. The smallest absolute Gasteiger partial charge is 0.145 e. The molecule has 4 nitrogen and oxygen atoms in total. The second-order valence-corrected chi connectivity index (χ2v) is 2.10. The second kappa shape index (κ2) is 3.75. The Hall–Kier alpha value is -1.32. The highest BCUT2D eigenvalue weighted by molar-refractivity contribution is 5.31. The van der Waals surface area contributed by atoms with Crippen LogP contribution in [0.15, 0.2) is 18.9 Å². The molecule has 4 heteroatoms. The fraction of sp³-hybridized carbons (Fsp3) is 0.429. The minimum atomic E-state index is 0.743. The van der Waals surface area contributed by atoms with E-state index >= 15 is 0 Å². The van der Waals surface area contributed by atoms with Crippen molar-refractivity contribution in [1.29, 1.82) is 0 Å². The van der Waals surface area contributed by atoms with Gasteiger partial charge in [0.25, 0.3) is 0 Å². The molecule has 1 aromatic rings. The summed E-state index contributed by atoms with van der Waals surface area (Å²) >= 11 is 0. The van der Waals surface area contributed by atoms with Gasteiger partial charge in [0.1, 0.15) is 5.82 Å². The molecule has 60 valence electrons. The van der Waals surface area contributed by atoms with Crippen LogP contribution in [0.25, 0.3) is 0 Å². The summed E-state index contributed by atoms with van der Waals surface area (Å²) in [6.45, 7) is 7.20. The lowest BCUT2D eigenvalue weighted by Gasteiger charge is -2.02. The lowest BCUT2D eigenvalue weighted by Crippen LogP contribution is -2.06. The van der Waals surface area contributed by atoms with Crippen LogP contribution in [0.1, 0.15) is 6.92 Å². The van der Waals surface area contributed by atoms with Crippen molar-refractivity contribution in [3.8, 4) is 0 Å². The molecular formula is C7H12N4. The molecule has 1 aromatic heterocycles. The van der Waals surface area contributed by atoms with Crippen LogP contribution in [-0.2, 0) is 6.54 Å². The van der Waals surface area contributed by atoms with Gasteiger partial charge in [0, 0.05) is 13.1 Å². The molecule has 0 atom stereocenters. The van der Waals surface area contributed by atoms with Gasteiger partial charge in [-0.05, 0) is 6.92 Å². The Kier molecular flexibility index (Phi) is 2.66. The van der Waals surface area contributed by atoms with Gasteiger partial charge >= 0.3 is 0 Å². The summed E-state index contributed by atoms with van der Waals surface area (Å²) in [5.74, 6) is 0.937. The maximum absolute atomic E-state index is 3.86. The zero-order chi connectivity index (χ0) is 8.10. The molecule has 11 heavy (non-hydrogen) atoms. The first-order valence-corrected chi connectivity index (χ1v) is 3.61. The van der Waals surface area contributed by atoms with Crippen LogP contribution in [-0.4, -0.2) is 21.5 Å². The van der Waals surface area contributed by atoms with E-state index in [1.807, 2.05) is 6.92 Å². The maximum atomic E-state index is 3.86. The first kappa shape index (κ1) is 7.78. The molecule has 0 radical (unpaired) electrons. The van der Waals surface area contributed by atoms with Gasteiger partial charge in [0.05, 0.1) is 6.20 Å². The quantitative estimate of drug-likeness (QED) is 0.652. The molecule has 1 N–H and O–H groups in total. The van der Waals surface area contributed by atoms with Gasteiger partial charge in [-0.2, -0.15) is 0 Å². The molecule has 0 aliphatic heterocycles. The van der Waals surface area contributed by atoms with Gasteiger partial charge < -0.3 is 5.32 Å². The molecule has 1 heterocycles. The Morgan fingerprint density at radius 2 is 2.64 bits per heavy atom. The van der Waals surface area contributed by atoms with Crippen molar-refractivity contribution in [1.82, 2.24) is 15.0 Å². The lowest BCUT2D eigenvalue weighted by molar-refractivity contribution is 0.632. The Morgan fingerprint density at radius 3 is 3.27 bits per heavy atom. The summed E-state index contributed by atoms with van der Waals surface area (Å²) < 4.78 is 1.80. The summed E-state index contributed by atoms with van der Waals surface area (Å²) in [5.41, 5.74) is 0. The van der Waals surface area contributed by atoms with Crippen LogP contribution < -0.4 is 5.32 Å². The number of rotatable bonds is 4. The van der Waals surface area contributed by atoms with Crippen LogP contribution in [0.2, 0.25) is 0 Å². The Labute approximate surface area is 65.9 Å². The first-order valence-electron chi connectivity index (χ1n) is 3.61. The molecule has 0 aromatic carbocycles.